The third kappa shape index (κ3) is 1.45. The van der Waals surface area contributed by atoms with Gasteiger partial charge in [-0.05, 0) is 22.0 Å². The largest absolute Gasteiger partial charge is 0.496 e. The number of hydrogen-bond donors (Lipinski definition) is 0. The van der Waals surface area contributed by atoms with Gasteiger partial charge in [0.05, 0.1) is 11.6 Å². The van der Waals surface area contributed by atoms with E-state index in [4.69, 9.17) is 4.74 Å². The molecule has 1 rings (SSSR count). The zero-order valence-corrected chi connectivity index (χ0v) is 6.60. The summed E-state index contributed by atoms with van der Waals surface area (Å²) in [6.45, 7) is 0. The van der Waals surface area contributed by atoms with Crippen LogP contribution in [0, 0.1) is 6.07 Å². The Hall–Kier alpha value is -0.500. The lowest BCUT2D eigenvalue weighted by atomic mass is 10.3. The van der Waals surface area contributed by atoms with Gasteiger partial charge in [0.2, 0.25) is 0 Å². The standard InChI is InChI=1S/C7H6BrO/c1-9-7-5-3-2-4-6(7)8/h2-3,5H,1H3. The van der Waals surface area contributed by atoms with Crippen molar-refractivity contribution in [1.29, 1.82) is 0 Å². The van der Waals surface area contributed by atoms with Crippen LogP contribution in [0.1, 0.15) is 0 Å². The molecule has 0 saturated carbocycles. The third-order valence-electron chi connectivity index (χ3n) is 0.990. The topological polar surface area (TPSA) is 9.23 Å². The normalized spacial score (nSPS) is 9.11. The number of hydrogen-bond acceptors (Lipinski definition) is 1. The van der Waals surface area contributed by atoms with Crippen LogP contribution in [0.5, 0.6) is 5.75 Å². The van der Waals surface area contributed by atoms with Crippen LogP contribution in [0.25, 0.3) is 0 Å². The minimum Gasteiger partial charge on any atom is -0.496 e. The van der Waals surface area contributed by atoms with E-state index in [0.29, 0.717) is 0 Å². The first-order chi connectivity index (χ1) is 4.34. The van der Waals surface area contributed by atoms with E-state index in [-0.39, 0.29) is 0 Å². The molecule has 47 valence electrons. The van der Waals surface area contributed by atoms with Gasteiger partial charge in [-0.3, -0.25) is 0 Å². The lowest BCUT2D eigenvalue weighted by Gasteiger charge is -1.98. The molecule has 0 atom stereocenters. The summed E-state index contributed by atoms with van der Waals surface area (Å²) < 4.78 is 5.83. The number of methoxy groups -OCH3 is 1. The lowest BCUT2D eigenvalue weighted by Crippen LogP contribution is -1.81. The van der Waals surface area contributed by atoms with Crippen LogP contribution in [0.15, 0.2) is 22.7 Å². The number of benzene rings is 1. The predicted octanol–water partition coefficient (Wildman–Crippen LogP) is 2.26. The Labute approximate surface area is 62.8 Å². The van der Waals surface area contributed by atoms with Crippen molar-refractivity contribution in [3.63, 3.8) is 0 Å². The Kier molecular flexibility index (Phi) is 2.11. The van der Waals surface area contributed by atoms with Crippen molar-refractivity contribution in [3.8, 4) is 5.75 Å². The molecule has 0 fully saturated rings. The van der Waals surface area contributed by atoms with Gasteiger partial charge in [-0.15, -0.1) is 0 Å². The Morgan fingerprint density at radius 3 is 2.89 bits per heavy atom. The van der Waals surface area contributed by atoms with Gasteiger partial charge < -0.3 is 4.74 Å². The van der Waals surface area contributed by atoms with E-state index in [0.717, 1.165) is 10.2 Å². The molecule has 1 aromatic rings. The Balaban J connectivity index is 3.01. The van der Waals surface area contributed by atoms with Gasteiger partial charge in [0.25, 0.3) is 0 Å². The molecule has 0 unspecified atom stereocenters. The van der Waals surface area contributed by atoms with Crippen molar-refractivity contribution >= 4 is 15.9 Å². The van der Waals surface area contributed by atoms with E-state index in [2.05, 4.69) is 22.0 Å². The minimum absolute atomic E-state index is 0.817. The van der Waals surface area contributed by atoms with E-state index in [1.807, 2.05) is 18.2 Å². The first-order valence-electron chi connectivity index (χ1n) is 2.55. The molecule has 9 heavy (non-hydrogen) atoms. The summed E-state index contributed by atoms with van der Waals surface area (Å²) in [5.74, 6) is 0.817. The monoisotopic (exact) mass is 185 g/mol. The molecule has 0 spiro atoms. The van der Waals surface area contributed by atoms with Gasteiger partial charge in [-0.25, -0.2) is 0 Å². The summed E-state index contributed by atoms with van der Waals surface area (Å²) in [6, 6.07) is 8.52. The van der Waals surface area contributed by atoms with Crippen molar-refractivity contribution < 1.29 is 4.74 Å². The summed E-state index contributed by atoms with van der Waals surface area (Å²) in [4.78, 5) is 0. The maximum absolute atomic E-state index is 4.97. The first kappa shape index (κ1) is 6.62. The Bertz CT molecular complexity index is 198. The molecule has 0 N–H and O–H groups in total. The van der Waals surface area contributed by atoms with Gasteiger partial charge in [-0.2, -0.15) is 0 Å². The summed E-state index contributed by atoms with van der Waals surface area (Å²) in [5, 5.41) is 0. The van der Waals surface area contributed by atoms with E-state index >= 15 is 0 Å². The molecule has 2 heteroatoms. The average molecular weight is 186 g/mol. The zero-order valence-electron chi connectivity index (χ0n) is 5.02. The molecule has 0 amide bonds. The molecule has 0 heterocycles. The highest BCUT2D eigenvalue weighted by Crippen LogP contribution is 2.21. The minimum atomic E-state index is 0.817. The second-order valence-electron chi connectivity index (χ2n) is 1.55. The van der Waals surface area contributed by atoms with Crippen molar-refractivity contribution in [2.45, 2.75) is 0 Å². The van der Waals surface area contributed by atoms with Crippen LogP contribution >= 0.6 is 15.9 Å². The second-order valence-corrected chi connectivity index (χ2v) is 2.35. The highest BCUT2D eigenvalue weighted by atomic mass is 79.9. The van der Waals surface area contributed by atoms with Crippen LogP contribution in [0.2, 0.25) is 0 Å². The molecule has 1 radical (unpaired) electrons. The van der Waals surface area contributed by atoms with Crippen LogP contribution in [0.3, 0.4) is 0 Å². The maximum atomic E-state index is 4.97. The number of halogens is 1. The van der Waals surface area contributed by atoms with Crippen LogP contribution in [-0.2, 0) is 0 Å². The molecule has 0 aromatic heterocycles. The highest BCUT2D eigenvalue weighted by Gasteiger charge is 1.93. The summed E-state index contributed by atoms with van der Waals surface area (Å²) >= 11 is 3.28. The van der Waals surface area contributed by atoms with E-state index in [9.17, 15) is 0 Å². The van der Waals surface area contributed by atoms with E-state index in [1.54, 1.807) is 7.11 Å². The summed E-state index contributed by atoms with van der Waals surface area (Å²) in [7, 11) is 1.63. The smallest absolute Gasteiger partial charge is 0.133 e. The summed E-state index contributed by atoms with van der Waals surface area (Å²) in [5.41, 5.74) is 0. The quantitative estimate of drug-likeness (QED) is 0.653. The number of ether oxygens (including phenoxy) is 1. The fraction of sp³-hybridized carbons (Fsp3) is 0.143. The second kappa shape index (κ2) is 2.87. The van der Waals surface area contributed by atoms with Crippen molar-refractivity contribution in [2.75, 3.05) is 7.11 Å². The SMILES string of the molecule is COc1ccc[c]c1Br. The van der Waals surface area contributed by atoms with Crippen molar-refractivity contribution in [3.05, 3.63) is 28.7 Å². The molecule has 0 aliphatic rings. The maximum Gasteiger partial charge on any atom is 0.133 e. The van der Waals surface area contributed by atoms with E-state index < -0.39 is 0 Å². The average Bonchev–Trinajstić information content (AvgIpc) is 1.89. The molecule has 0 saturated heterocycles. The fourth-order valence-corrected chi connectivity index (χ4v) is 0.985. The van der Waals surface area contributed by atoms with Crippen LogP contribution < -0.4 is 4.74 Å². The molecule has 0 aliphatic heterocycles. The third-order valence-corrected chi connectivity index (χ3v) is 1.61. The van der Waals surface area contributed by atoms with Gasteiger partial charge >= 0.3 is 0 Å². The Morgan fingerprint density at radius 2 is 2.44 bits per heavy atom. The zero-order chi connectivity index (χ0) is 6.69. The van der Waals surface area contributed by atoms with E-state index in [1.165, 1.54) is 0 Å². The van der Waals surface area contributed by atoms with Crippen molar-refractivity contribution in [2.24, 2.45) is 0 Å². The molecule has 0 aliphatic carbocycles. The highest BCUT2D eigenvalue weighted by molar-refractivity contribution is 9.10. The Morgan fingerprint density at radius 1 is 1.67 bits per heavy atom. The predicted molar refractivity (Wildman–Crippen MR) is 39.5 cm³/mol. The molecule has 1 aromatic carbocycles. The van der Waals surface area contributed by atoms with Gasteiger partial charge in [0.15, 0.2) is 0 Å². The molecular weight excluding hydrogens is 180 g/mol. The van der Waals surface area contributed by atoms with Crippen LogP contribution in [-0.4, -0.2) is 7.11 Å². The summed E-state index contributed by atoms with van der Waals surface area (Å²) in [6.07, 6.45) is 0. The number of rotatable bonds is 1. The van der Waals surface area contributed by atoms with Gasteiger partial charge in [0, 0.05) is 6.07 Å². The first-order valence-corrected chi connectivity index (χ1v) is 3.34. The molecule has 0 bridgehead atoms. The lowest BCUT2D eigenvalue weighted by molar-refractivity contribution is 0.412. The van der Waals surface area contributed by atoms with Crippen LogP contribution in [0.4, 0.5) is 0 Å². The fourth-order valence-electron chi connectivity index (χ4n) is 0.559. The molecule has 1 nitrogen and oxygen atoms in total. The molecular formula is C7H6BrO. The van der Waals surface area contributed by atoms with Crippen molar-refractivity contribution in [1.82, 2.24) is 0 Å². The van der Waals surface area contributed by atoms with Gasteiger partial charge in [0.1, 0.15) is 5.75 Å². The van der Waals surface area contributed by atoms with Gasteiger partial charge in [-0.1, -0.05) is 12.1 Å².